The standard InChI is InChI=1S/C26H21ClF2N6O3S/c1-38-26-21(10-15(27)11-30-26)39(36,37)34-19-8-7-16(28)22(23(19)29)14-6-9-20-24(31-13-35(20)12-14)25-32-17-4-2-3-5-18(17)33-25/h6-13,34H,2-5H2,1H3,(H,32,33). The average Bonchev–Trinajstić information content (AvgIpc) is 3.54. The van der Waals surface area contributed by atoms with E-state index in [-0.39, 0.29) is 16.5 Å². The highest BCUT2D eigenvalue weighted by Crippen LogP contribution is 2.34. The lowest BCUT2D eigenvalue weighted by atomic mass is 10.0. The summed E-state index contributed by atoms with van der Waals surface area (Å²) in [6.45, 7) is 0. The molecule has 1 aromatic carbocycles. The lowest BCUT2D eigenvalue weighted by molar-refractivity contribution is 0.385. The fourth-order valence-electron chi connectivity index (χ4n) is 4.75. The second-order valence-electron chi connectivity index (χ2n) is 9.07. The SMILES string of the molecule is COc1ncc(Cl)cc1S(=O)(=O)Nc1ccc(F)c(-c2ccc3c(-c4nc5c([nH]4)CCCC5)ncn3c2)c1F. The zero-order chi connectivity index (χ0) is 27.3. The quantitative estimate of drug-likeness (QED) is 0.282. The third-order valence-corrected chi connectivity index (χ3v) is 8.17. The Kier molecular flexibility index (Phi) is 6.23. The molecule has 0 bridgehead atoms. The van der Waals surface area contributed by atoms with E-state index < -0.39 is 37.8 Å². The second-order valence-corrected chi connectivity index (χ2v) is 11.2. The van der Waals surface area contributed by atoms with Crippen molar-refractivity contribution in [3.8, 4) is 28.5 Å². The fourth-order valence-corrected chi connectivity index (χ4v) is 6.17. The molecular weight excluding hydrogens is 550 g/mol. The zero-order valence-electron chi connectivity index (χ0n) is 20.5. The van der Waals surface area contributed by atoms with E-state index in [4.69, 9.17) is 21.3 Å². The number of ether oxygens (including phenoxy) is 1. The molecule has 1 aliphatic rings. The maximum atomic E-state index is 15.6. The zero-order valence-corrected chi connectivity index (χ0v) is 22.1. The number of fused-ring (bicyclic) bond motifs is 2. The van der Waals surface area contributed by atoms with Crippen molar-refractivity contribution < 1.29 is 21.9 Å². The first-order chi connectivity index (χ1) is 18.7. The number of hydrogen-bond donors (Lipinski definition) is 2. The number of hydrogen-bond acceptors (Lipinski definition) is 6. The van der Waals surface area contributed by atoms with Gasteiger partial charge in [0, 0.05) is 23.7 Å². The minimum atomic E-state index is -4.39. The van der Waals surface area contributed by atoms with Gasteiger partial charge in [-0.25, -0.2) is 32.2 Å². The number of halogens is 3. The largest absolute Gasteiger partial charge is 0.480 e. The molecule has 9 nitrogen and oxygen atoms in total. The molecule has 200 valence electrons. The fraction of sp³-hybridized carbons (Fsp3) is 0.192. The number of anilines is 1. The number of sulfonamides is 1. The monoisotopic (exact) mass is 570 g/mol. The maximum absolute atomic E-state index is 15.6. The predicted molar refractivity (Wildman–Crippen MR) is 141 cm³/mol. The Morgan fingerprint density at radius 2 is 1.95 bits per heavy atom. The van der Waals surface area contributed by atoms with E-state index in [2.05, 4.69) is 19.7 Å². The van der Waals surface area contributed by atoms with Crippen molar-refractivity contribution in [2.75, 3.05) is 11.8 Å². The minimum Gasteiger partial charge on any atom is -0.480 e. The van der Waals surface area contributed by atoms with Gasteiger partial charge in [0.1, 0.15) is 17.8 Å². The highest BCUT2D eigenvalue weighted by atomic mass is 35.5. The number of aryl methyl sites for hydroxylation is 2. The topological polar surface area (TPSA) is 114 Å². The molecule has 4 heterocycles. The van der Waals surface area contributed by atoms with Crippen molar-refractivity contribution in [1.82, 2.24) is 24.3 Å². The van der Waals surface area contributed by atoms with Gasteiger partial charge >= 0.3 is 0 Å². The van der Waals surface area contributed by atoms with Crippen LogP contribution in [0.3, 0.4) is 0 Å². The number of benzene rings is 1. The van der Waals surface area contributed by atoms with E-state index in [0.29, 0.717) is 17.0 Å². The maximum Gasteiger partial charge on any atom is 0.267 e. The van der Waals surface area contributed by atoms with E-state index >= 15 is 4.39 Å². The number of rotatable bonds is 6. The summed E-state index contributed by atoms with van der Waals surface area (Å²) in [5, 5.41) is 0.0409. The molecule has 0 spiro atoms. The van der Waals surface area contributed by atoms with Crippen LogP contribution in [-0.2, 0) is 22.9 Å². The normalized spacial score (nSPS) is 13.4. The number of imidazole rings is 2. The van der Waals surface area contributed by atoms with Crippen LogP contribution in [0.15, 0.2) is 53.9 Å². The van der Waals surface area contributed by atoms with Crippen molar-refractivity contribution in [2.45, 2.75) is 30.6 Å². The first-order valence-electron chi connectivity index (χ1n) is 12.0. The Hall–Kier alpha value is -4.03. The van der Waals surface area contributed by atoms with Crippen molar-refractivity contribution in [3.63, 3.8) is 0 Å². The van der Waals surface area contributed by atoms with E-state index in [0.717, 1.165) is 55.3 Å². The Labute approximate surface area is 226 Å². The van der Waals surface area contributed by atoms with Crippen LogP contribution in [0.1, 0.15) is 24.2 Å². The highest BCUT2D eigenvalue weighted by molar-refractivity contribution is 7.92. The molecule has 0 fully saturated rings. The van der Waals surface area contributed by atoms with Crippen molar-refractivity contribution in [3.05, 3.63) is 77.1 Å². The first kappa shape index (κ1) is 25.3. The average molecular weight is 571 g/mol. The summed E-state index contributed by atoms with van der Waals surface area (Å²) in [5.41, 5.74) is 2.80. The van der Waals surface area contributed by atoms with Crippen LogP contribution in [-0.4, -0.2) is 39.9 Å². The Morgan fingerprint density at radius 3 is 2.74 bits per heavy atom. The summed E-state index contributed by atoms with van der Waals surface area (Å²) in [6.07, 6.45) is 8.35. The molecule has 39 heavy (non-hydrogen) atoms. The molecule has 2 N–H and O–H groups in total. The van der Waals surface area contributed by atoms with Crippen molar-refractivity contribution >= 4 is 32.8 Å². The molecule has 0 radical (unpaired) electrons. The van der Waals surface area contributed by atoms with Gasteiger partial charge < -0.3 is 14.1 Å². The summed E-state index contributed by atoms with van der Waals surface area (Å²) in [6, 6.07) is 6.35. The number of methoxy groups -OCH3 is 1. The number of nitrogens with one attached hydrogen (secondary N) is 2. The predicted octanol–water partition coefficient (Wildman–Crippen LogP) is 5.41. The molecule has 0 saturated heterocycles. The lowest BCUT2D eigenvalue weighted by Crippen LogP contribution is -2.16. The summed E-state index contributed by atoms with van der Waals surface area (Å²) >= 11 is 5.91. The molecule has 0 amide bonds. The Morgan fingerprint density at radius 1 is 1.13 bits per heavy atom. The summed E-state index contributed by atoms with van der Waals surface area (Å²) < 4.78 is 65.5. The van der Waals surface area contributed by atoms with E-state index in [9.17, 15) is 12.8 Å². The van der Waals surface area contributed by atoms with Crippen LogP contribution in [0, 0.1) is 11.6 Å². The van der Waals surface area contributed by atoms with Crippen molar-refractivity contribution in [2.24, 2.45) is 0 Å². The highest BCUT2D eigenvalue weighted by Gasteiger charge is 2.25. The van der Waals surface area contributed by atoms with Crippen LogP contribution in [0.2, 0.25) is 5.02 Å². The van der Waals surface area contributed by atoms with Crippen LogP contribution >= 0.6 is 11.6 Å². The van der Waals surface area contributed by atoms with Crippen LogP contribution in [0.4, 0.5) is 14.5 Å². The van der Waals surface area contributed by atoms with Gasteiger partial charge in [0.05, 0.1) is 34.6 Å². The lowest BCUT2D eigenvalue weighted by Gasteiger charge is -2.14. The Bertz CT molecular complexity index is 1830. The molecule has 1 aliphatic carbocycles. The number of nitrogens with zero attached hydrogens (tertiary/aromatic N) is 4. The summed E-state index contributed by atoms with van der Waals surface area (Å²) in [5.74, 6) is -1.54. The molecule has 13 heteroatoms. The van der Waals surface area contributed by atoms with Gasteiger partial charge in [0.2, 0.25) is 5.88 Å². The number of aromatic amines is 1. The number of pyridine rings is 2. The molecule has 0 unspecified atom stereocenters. The molecule has 6 rings (SSSR count). The van der Waals surface area contributed by atoms with Gasteiger partial charge in [-0.1, -0.05) is 17.7 Å². The molecule has 0 aliphatic heterocycles. The Balaban J connectivity index is 1.37. The van der Waals surface area contributed by atoms with Gasteiger partial charge in [-0.3, -0.25) is 4.72 Å². The summed E-state index contributed by atoms with van der Waals surface area (Å²) in [4.78, 5) is 16.0. The summed E-state index contributed by atoms with van der Waals surface area (Å²) in [7, 11) is -3.15. The molecular formula is C26H21ClF2N6O3S. The van der Waals surface area contributed by atoms with Crippen LogP contribution in [0.25, 0.3) is 28.2 Å². The van der Waals surface area contributed by atoms with E-state index in [1.54, 1.807) is 16.5 Å². The van der Waals surface area contributed by atoms with E-state index in [1.165, 1.54) is 25.8 Å². The molecule has 4 aromatic heterocycles. The van der Waals surface area contributed by atoms with Gasteiger partial charge in [-0.05, 0) is 49.9 Å². The smallest absolute Gasteiger partial charge is 0.267 e. The minimum absolute atomic E-state index is 0.0409. The van der Waals surface area contributed by atoms with Gasteiger partial charge in [0.15, 0.2) is 16.5 Å². The number of H-pyrrole nitrogens is 1. The van der Waals surface area contributed by atoms with E-state index in [1.807, 2.05) is 0 Å². The molecule has 5 aromatic rings. The second kappa shape index (κ2) is 9.62. The number of aromatic nitrogens is 5. The third kappa shape index (κ3) is 4.49. The first-order valence-corrected chi connectivity index (χ1v) is 13.9. The third-order valence-electron chi connectivity index (χ3n) is 6.60. The van der Waals surface area contributed by atoms with Gasteiger partial charge in [-0.2, -0.15) is 0 Å². The molecule has 0 atom stereocenters. The van der Waals surface area contributed by atoms with Gasteiger partial charge in [-0.15, -0.1) is 0 Å². The van der Waals surface area contributed by atoms with Crippen LogP contribution in [0.5, 0.6) is 5.88 Å². The molecule has 0 saturated carbocycles. The van der Waals surface area contributed by atoms with Crippen LogP contribution < -0.4 is 9.46 Å². The van der Waals surface area contributed by atoms with Crippen molar-refractivity contribution in [1.29, 1.82) is 0 Å². The van der Waals surface area contributed by atoms with Gasteiger partial charge in [0.25, 0.3) is 10.0 Å².